The first-order valence-corrected chi connectivity index (χ1v) is 8.70. The van der Waals surface area contributed by atoms with Crippen molar-refractivity contribution in [3.8, 4) is 5.75 Å². The van der Waals surface area contributed by atoms with Crippen molar-refractivity contribution < 1.29 is 6.16 Å². The average Bonchev–Trinajstić information content (AvgIpc) is 2.50. The molecule has 1 N–H and O–H groups in total. The molecule has 0 atom stereocenters. The number of benzene rings is 1. The summed E-state index contributed by atoms with van der Waals surface area (Å²) in [4.78, 5) is 2.57. The minimum absolute atomic E-state index is 0. The highest BCUT2D eigenvalue weighted by Crippen LogP contribution is 2.13. The van der Waals surface area contributed by atoms with Gasteiger partial charge in [0.05, 0.1) is 6.61 Å². The molecular formula is C16H28N2OS. The summed E-state index contributed by atoms with van der Waals surface area (Å²) in [7, 11) is 1.96. The van der Waals surface area contributed by atoms with Gasteiger partial charge in [-0.1, -0.05) is 12.1 Å². The minimum Gasteiger partial charge on any atom is -0.494 e. The third kappa shape index (κ3) is 5.73. The molecule has 0 amide bonds. The molecule has 0 aromatic heterocycles. The number of rotatable bonds is 8. The minimum atomic E-state index is 0. The Labute approximate surface area is 128 Å². The van der Waals surface area contributed by atoms with E-state index in [0.29, 0.717) is 0 Å². The first kappa shape index (κ1) is 15.7. The maximum Gasteiger partial charge on any atom is 0.119 e. The molecule has 0 radical (unpaired) electrons. The van der Waals surface area contributed by atoms with Gasteiger partial charge >= 0.3 is 0 Å². The molecule has 20 heavy (non-hydrogen) atoms. The molecule has 0 aliphatic carbocycles. The largest absolute Gasteiger partial charge is 0.494 e. The van der Waals surface area contributed by atoms with E-state index in [1.54, 1.807) is 0 Å². The SMILES string of the molecule is CNCc1ccc(OCCCCN2CCSCC2)cc1.[HH]. The van der Waals surface area contributed by atoms with Gasteiger partial charge < -0.3 is 15.0 Å². The molecule has 4 heteroatoms. The lowest BCUT2D eigenvalue weighted by Crippen LogP contribution is -2.33. The maximum atomic E-state index is 5.79. The Kier molecular flexibility index (Phi) is 7.26. The number of nitrogens with zero attached hydrogens (tertiary/aromatic N) is 1. The number of thioether (sulfide) groups is 1. The second kappa shape index (κ2) is 9.27. The molecule has 1 aliphatic heterocycles. The van der Waals surface area contributed by atoms with Crippen molar-refractivity contribution >= 4 is 11.8 Å². The second-order valence-corrected chi connectivity index (χ2v) is 6.41. The molecule has 1 aromatic rings. The number of ether oxygens (including phenoxy) is 1. The van der Waals surface area contributed by atoms with Crippen LogP contribution in [0.1, 0.15) is 19.8 Å². The lowest BCUT2D eigenvalue weighted by molar-refractivity contribution is 0.265. The smallest absolute Gasteiger partial charge is 0.119 e. The Morgan fingerprint density at radius 2 is 1.95 bits per heavy atom. The predicted octanol–water partition coefficient (Wildman–Crippen LogP) is 2.86. The van der Waals surface area contributed by atoms with Crippen molar-refractivity contribution in [2.24, 2.45) is 0 Å². The fraction of sp³-hybridized carbons (Fsp3) is 0.625. The van der Waals surface area contributed by atoms with E-state index in [9.17, 15) is 0 Å². The van der Waals surface area contributed by atoms with Crippen molar-refractivity contribution in [2.45, 2.75) is 19.4 Å². The fourth-order valence-electron chi connectivity index (χ4n) is 2.36. The lowest BCUT2D eigenvalue weighted by atomic mass is 10.2. The van der Waals surface area contributed by atoms with Crippen molar-refractivity contribution in [1.29, 1.82) is 0 Å². The molecule has 1 saturated heterocycles. The average molecular weight is 296 g/mol. The zero-order valence-corrected chi connectivity index (χ0v) is 13.3. The van der Waals surface area contributed by atoms with Gasteiger partial charge in [-0.05, 0) is 44.1 Å². The number of hydrogen-bond donors (Lipinski definition) is 1. The van der Waals surface area contributed by atoms with Gasteiger partial charge in [0.15, 0.2) is 0 Å². The quantitative estimate of drug-likeness (QED) is 0.746. The number of unbranched alkanes of at least 4 members (excludes halogenated alkanes) is 1. The van der Waals surface area contributed by atoms with E-state index in [4.69, 9.17) is 4.74 Å². The van der Waals surface area contributed by atoms with Crippen molar-refractivity contribution in [3.63, 3.8) is 0 Å². The fourth-order valence-corrected chi connectivity index (χ4v) is 3.34. The Bertz CT molecular complexity index is 369. The van der Waals surface area contributed by atoms with Crippen molar-refractivity contribution in [3.05, 3.63) is 29.8 Å². The molecule has 1 heterocycles. The van der Waals surface area contributed by atoms with Gasteiger partial charge in [0.1, 0.15) is 5.75 Å². The van der Waals surface area contributed by atoms with E-state index in [1.165, 1.54) is 43.1 Å². The van der Waals surface area contributed by atoms with Crippen LogP contribution in [0.3, 0.4) is 0 Å². The van der Waals surface area contributed by atoms with Gasteiger partial charge in [-0.2, -0.15) is 11.8 Å². The van der Waals surface area contributed by atoms with Crippen LogP contribution in [-0.2, 0) is 6.54 Å². The second-order valence-electron chi connectivity index (χ2n) is 5.18. The first-order valence-electron chi connectivity index (χ1n) is 7.55. The summed E-state index contributed by atoms with van der Waals surface area (Å²) in [6, 6.07) is 8.37. The molecule has 0 spiro atoms. The third-order valence-corrected chi connectivity index (χ3v) is 4.49. The summed E-state index contributed by atoms with van der Waals surface area (Å²) in [5.41, 5.74) is 1.29. The van der Waals surface area contributed by atoms with Crippen LogP contribution in [0, 0.1) is 0 Å². The van der Waals surface area contributed by atoms with Crippen LogP contribution >= 0.6 is 11.8 Å². The molecular weight excluding hydrogens is 268 g/mol. The van der Waals surface area contributed by atoms with Crippen LogP contribution in [0.5, 0.6) is 5.75 Å². The van der Waals surface area contributed by atoms with Gasteiger partial charge in [-0.15, -0.1) is 0 Å². The summed E-state index contributed by atoms with van der Waals surface area (Å²) < 4.78 is 5.79. The summed E-state index contributed by atoms with van der Waals surface area (Å²) in [5.74, 6) is 3.59. The number of hydrogen-bond acceptors (Lipinski definition) is 4. The normalized spacial score (nSPS) is 16.2. The van der Waals surface area contributed by atoms with Gasteiger partial charge in [-0.25, -0.2) is 0 Å². The first-order chi connectivity index (χ1) is 9.88. The summed E-state index contributed by atoms with van der Waals surface area (Å²) in [6.07, 6.45) is 2.38. The zero-order valence-electron chi connectivity index (χ0n) is 12.4. The Balaban J connectivity index is 0.00000220. The topological polar surface area (TPSA) is 24.5 Å². The van der Waals surface area contributed by atoms with E-state index in [-0.39, 0.29) is 1.43 Å². The van der Waals surface area contributed by atoms with Gasteiger partial charge in [0.25, 0.3) is 0 Å². The molecule has 1 fully saturated rings. The molecule has 0 bridgehead atoms. The molecule has 1 aromatic carbocycles. The standard InChI is InChI=1S/C16H26N2OS.H2/c1-17-14-15-4-6-16(7-5-15)19-11-3-2-8-18-9-12-20-13-10-18;/h4-7,17H,2-3,8-14H2,1H3;1H. The van der Waals surface area contributed by atoms with E-state index in [1.807, 2.05) is 7.05 Å². The van der Waals surface area contributed by atoms with Crippen LogP contribution in [0.15, 0.2) is 24.3 Å². The van der Waals surface area contributed by atoms with Gasteiger partial charge in [0, 0.05) is 32.6 Å². The predicted molar refractivity (Wildman–Crippen MR) is 89.8 cm³/mol. The summed E-state index contributed by atoms with van der Waals surface area (Å²) in [6.45, 7) is 5.49. The van der Waals surface area contributed by atoms with Crippen molar-refractivity contribution in [2.75, 3.05) is 44.8 Å². The zero-order chi connectivity index (χ0) is 14.0. The molecule has 0 saturated carbocycles. The van der Waals surface area contributed by atoms with E-state index in [2.05, 4.69) is 46.2 Å². The monoisotopic (exact) mass is 296 g/mol. The maximum absolute atomic E-state index is 5.79. The molecule has 0 unspecified atom stereocenters. The lowest BCUT2D eigenvalue weighted by Gasteiger charge is -2.25. The Morgan fingerprint density at radius 1 is 1.20 bits per heavy atom. The Morgan fingerprint density at radius 3 is 2.65 bits per heavy atom. The molecule has 2 rings (SSSR count). The van der Waals surface area contributed by atoms with Crippen LogP contribution in [0.2, 0.25) is 0 Å². The highest BCUT2D eigenvalue weighted by molar-refractivity contribution is 7.99. The van der Waals surface area contributed by atoms with Crippen LogP contribution < -0.4 is 10.1 Å². The highest BCUT2D eigenvalue weighted by atomic mass is 32.2. The third-order valence-electron chi connectivity index (χ3n) is 3.55. The van der Waals surface area contributed by atoms with Crippen LogP contribution in [-0.4, -0.2) is 49.7 Å². The van der Waals surface area contributed by atoms with E-state index in [0.717, 1.165) is 25.3 Å². The Hall–Kier alpha value is -0.710. The molecule has 3 nitrogen and oxygen atoms in total. The number of nitrogens with one attached hydrogen (secondary N) is 1. The summed E-state index contributed by atoms with van der Waals surface area (Å²) in [5, 5.41) is 3.15. The van der Waals surface area contributed by atoms with Gasteiger partial charge in [-0.3, -0.25) is 0 Å². The summed E-state index contributed by atoms with van der Waals surface area (Å²) >= 11 is 2.07. The van der Waals surface area contributed by atoms with Gasteiger partial charge in [0.2, 0.25) is 0 Å². The van der Waals surface area contributed by atoms with E-state index >= 15 is 0 Å². The van der Waals surface area contributed by atoms with Crippen LogP contribution in [0.4, 0.5) is 0 Å². The molecule has 1 aliphatic rings. The van der Waals surface area contributed by atoms with Crippen LogP contribution in [0.25, 0.3) is 0 Å². The van der Waals surface area contributed by atoms with E-state index < -0.39 is 0 Å². The van der Waals surface area contributed by atoms with Crippen molar-refractivity contribution in [1.82, 2.24) is 10.2 Å². The highest BCUT2D eigenvalue weighted by Gasteiger charge is 2.09. The molecule has 114 valence electrons.